The van der Waals surface area contributed by atoms with Crippen molar-refractivity contribution in [2.75, 3.05) is 13.1 Å². The first kappa shape index (κ1) is 25.3. The number of nitrogens with two attached hydrogens (primary N) is 2. The van der Waals surface area contributed by atoms with Crippen LogP contribution in [-0.4, -0.2) is 71.1 Å². The highest BCUT2D eigenvalue weighted by Gasteiger charge is 2.24. The van der Waals surface area contributed by atoms with Crippen molar-refractivity contribution >= 4 is 29.7 Å². The van der Waals surface area contributed by atoms with E-state index in [2.05, 4.69) is 16.0 Å². The molecular formula is C16H29N5O7. The summed E-state index contributed by atoms with van der Waals surface area (Å²) in [5.74, 6) is -4.53. The quantitative estimate of drug-likeness (QED) is 0.152. The third-order valence-electron chi connectivity index (χ3n) is 3.70. The van der Waals surface area contributed by atoms with E-state index in [0.29, 0.717) is 19.4 Å². The van der Waals surface area contributed by atoms with E-state index < -0.39 is 54.3 Å². The van der Waals surface area contributed by atoms with Gasteiger partial charge in [0.2, 0.25) is 17.7 Å². The minimum absolute atomic E-state index is 0.192. The first-order chi connectivity index (χ1) is 13.1. The number of unbranched alkanes of at least 4 members (excludes halogenated alkanes) is 1. The van der Waals surface area contributed by atoms with Crippen molar-refractivity contribution in [3.63, 3.8) is 0 Å². The minimum atomic E-state index is -1.21. The fourth-order valence-corrected chi connectivity index (χ4v) is 2.13. The van der Waals surface area contributed by atoms with Crippen LogP contribution in [-0.2, 0) is 24.0 Å². The van der Waals surface area contributed by atoms with Crippen molar-refractivity contribution < 1.29 is 34.2 Å². The Morgan fingerprint density at radius 1 is 0.929 bits per heavy atom. The van der Waals surface area contributed by atoms with Gasteiger partial charge in [-0.1, -0.05) is 0 Å². The van der Waals surface area contributed by atoms with Crippen LogP contribution >= 0.6 is 0 Å². The molecule has 0 radical (unpaired) electrons. The molecule has 0 spiro atoms. The van der Waals surface area contributed by atoms with Crippen LogP contribution in [0.5, 0.6) is 0 Å². The highest BCUT2D eigenvalue weighted by molar-refractivity contribution is 5.92. The molecule has 160 valence electrons. The number of carbonyl (C=O) groups excluding carboxylic acids is 3. The van der Waals surface area contributed by atoms with Gasteiger partial charge in [-0.25, -0.2) is 4.79 Å². The Balaban J connectivity index is 4.69. The minimum Gasteiger partial charge on any atom is -0.481 e. The normalized spacial score (nSPS) is 13.7. The predicted molar refractivity (Wildman–Crippen MR) is 97.9 cm³/mol. The second-order valence-corrected chi connectivity index (χ2v) is 6.24. The standard InChI is InChI=1S/C16H29N5O7/c1-9(18)14(25)21-10(5-6-13(23)24)15(26)19-8-12(22)20-11(16(27)28)4-2-3-7-17/h9-11H,2-8,17-18H2,1H3,(H,19,26)(H,20,22)(H,21,25)(H,23,24)(H,27,28). The maximum absolute atomic E-state index is 12.2. The second-order valence-electron chi connectivity index (χ2n) is 6.24. The molecule has 9 N–H and O–H groups in total. The molecule has 3 amide bonds. The summed E-state index contributed by atoms with van der Waals surface area (Å²) < 4.78 is 0. The average molecular weight is 403 g/mol. The summed E-state index contributed by atoms with van der Waals surface area (Å²) in [7, 11) is 0. The molecular weight excluding hydrogens is 374 g/mol. The first-order valence-corrected chi connectivity index (χ1v) is 8.86. The Labute approximate surface area is 162 Å². The number of hydrogen-bond donors (Lipinski definition) is 7. The lowest BCUT2D eigenvalue weighted by atomic mass is 10.1. The van der Waals surface area contributed by atoms with Crippen molar-refractivity contribution in [2.45, 2.75) is 57.2 Å². The topological polar surface area (TPSA) is 214 Å². The van der Waals surface area contributed by atoms with Gasteiger partial charge in [0, 0.05) is 6.42 Å². The summed E-state index contributed by atoms with van der Waals surface area (Å²) in [6.45, 7) is 1.27. The van der Waals surface area contributed by atoms with E-state index in [0.717, 1.165) is 0 Å². The fraction of sp³-hybridized carbons (Fsp3) is 0.688. The van der Waals surface area contributed by atoms with Gasteiger partial charge in [0.1, 0.15) is 12.1 Å². The number of rotatable bonds is 14. The second kappa shape index (κ2) is 13.4. The summed E-state index contributed by atoms with van der Waals surface area (Å²) in [6, 6.07) is -3.22. The number of nitrogens with one attached hydrogen (secondary N) is 3. The van der Waals surface area contributed by atoms with Crippen LogP contribution < -0.4 is 27.4 Å². The third-order valence-corrected chi connectivity index (χ3v) is 3.70. The van der Waals surface area contributed by atoms with Crippen LogP contribution in [0.15, 0.2) is 0 Å². The maximum Gasteiger partial charge on any atom is 0.326 e. The van der Waals surface area contributed by atoms with Gasteiger partial charge in [-0.2, -0.15) is 0 Å². The van der Waals surface area contributed by atoms with Crippen molar-refractivity contribution in [3.05, 3.63) is 0 Å². The zero-order chi connectivity index (χ0) is 21.7. The van der Waals surface area contributed by atoms with Gasteiger partial charge in [0.15, 0.2) is 0 Å². The molecule has 0 aliphatic rings. The molecule has 0 aliphatic heterocycles. The molecule has 28 heavy (non-hydrogen) atoms. The number of carbonyl (C=O) groups is 5. The zero-order valence-corrected chi connectivity index (χ0v) is 15.8. The van der Waals surface area contributed by atoms with E-state index in [4.69, 9.17) is 21.7 Å². The molecule has 0 saturated carbocycles. The van der Waals surface area contributed by atoms with Gasteiger partial charge in [-0.3, -0.25) is 19.2 Å². The highest BCUT2D eigenvalue weighted by atomic mass is 16.4. The molecule has 0 saturated heterocycles. The van der Waals surface area contributed by atoms with Gasteiger partial charge in [0.05, 0.1) is 12.6 Å². The van der Waals surface area contributed by atoms with Gasteiger partial charge in [-0.05, 0) is 39.2 Å². The number of carboxylic acid groups (broad SMARTS) is 2. The lowest BCUT2D eigenvalue weighted by Crippen LogP contribution is -2.53. The van der Waals surface area contributed by atoms with Crippen molar-refractivity contribution in [3.8, 4) is 0 Å². The van der Waals surface area contributed by atoms with Crippen LogP contribution in [0.25, 0.3) is 0 Å². The molecule has 0 rings (SSSR count). The number of hydrogen-bond acceptors (Lipinski definition) is 7. The summed E-state index contributed by atoms with van der Waals surface area (Å²) in [5, 5.41) is 24.7. The summed E-state index contributed by atoms with van der Waals surface area (Å²) in [5.41, 5.74) is 10.7. The van der Waals surface area contributed by atoms with Crippen molar-refractivity contribution in [1.82, 2.24) is 16.0 Å². The molecule has 3 atom stereocenters. The molecule has 12 nitrogen and oxygen atoms in total. The molecule has 0 aromatic rings. The summed E-state index contributed by atoms with van der Waals surface area (Å²) in [4.78, 5) is 57.6. The molecule has 12 heteroatoms. The van der Waals surface area contributed by atoms with E-state index in [1.165, 1.54) is 6.92 Å². The SMILES string of the molecule is CC(N)C(=O)NC(CCC(=O)O)C(=O)NCC(=O)NC(CCCCN)C(=O)O. The van der Waals surface area contributed by atoms with Crippen LogP contribution in [0.2, 0.25) is 0 Å². The summed E-state index contributed by atoms with van der Waals surface area (Å²) in [6.07, 6.45) is 0.739. The molecule has 0 heterocycles. The van der Waals surface area contributed by atoms with Crippen LogP contribution in [0.3, 0.4) is 0 Å². The number of carboxylic acids is 2. The fourth-order valence-electron chi connectivity index (χ4n) is 2.13. The van der Waals surface area contributed by atoms with Crippen LogP contribution in [0, 0.1) is 0 Å². The van der Waals surface area contributed by atoms with E-state index in [1.807, 2.05) is 0 Å². The van der Waals surface area contributed by atoms with E-state index in [1.54, 1.807) is 0 Å². The molecule has 0 aliphatic carbocycles. The smallest absolute Gasteiger partial charge is 0.326 e. The van der Waals surface area contributed by atoms with E-state index in [9.17, 15) is 24.0 Å². The molecule has 0 aromatic carbocycles. The summed E-state index contributed by atoms with van der Waals surface area (Å²) >= 11 is 0. The lowest BCUT2D eigenvalue weighted by molar-refractivity contribution is -0.142. The van der Waals surface area contributed by atoms with Crippen molar-refractivity contribution in [1.29, 1.82) is 0 Å². The van der Waals surface area contributed by atoms with Crippen LogP contribution in [0.1, 0.15) is 39.0 Å². The molecule has 0 fully saturated rings. The molecule has 3 unspecified atom stereocenters. The Kier molecular flexibility index (Phi) is 12.1. The Hall–Kier alpha value is -2.73. The van der Waals surface area contributed by atoms with Crippen molar-refractivity contribution in [2.24, 2.45) is 11.5 Å². The van der Waals surface area contributed by atoms with E-state index >= 15 is 0 Å². The third kappa shape index (κ3) is 11.1. The Morgan fingerprint density at radius 3 is 2.07 bits per heavy atom. The Bertz CT molecular complexity index is 568. The molecule has 0 bridgehead atoms. The van der Waals surface area contributed by atoms with E-state index in [-0.39, 0.29) is 19.3 Å². The van der Waals surface area contributed by atoms with Gasteiger partial charge < -0.3 is 37.6 Å². The monoisotopic (exact) mass is 403 g/mol. The lowest BCUT2D eigenvalue weighted by Gasteiger charge is -2.19. The molecule has 0 aromatic heterocycles. The predicted octanol–water partition coefficient (Wildman–Crippen LogP) is -2.50. The highest BCUT2D eigenvalue weighted by Crippen LogP contribution is 2.01. The Morgan fingerprint density at radius 2 is 1.57 bits per heavy atom. The first-order valence-electron chi connectivity index (χ1n) is 8.86. The van der Waals surface area contributed by atoms with Gasteiger partial charge >= 0.3 is 11.9 Å². The number of aliphatic carboxylic acids is 2. The maximum atomic E-state index is 12.2. The van der Waals surface area contributed by atoms with Gasteiger partial charge in [-0.15, -0.1) is 0 Å². The number of amides is 3. The zero-order valence-electron chi connectivity index (χ0n) is 15.8. The van der Waals surface area contributed by atoms with Crippen LogP contribution in [0.4, 0.5) is 0 Å². The average Bonchev–Trinajstić information content (AvgIpc) is 2.61. The largest absolute Gasteiger partial charge is 0.481 e. The van der Waals surface area contributed by atoms with Gasteiger partial charge in [0.25, 0.3) is 0 Å².